The number of aromatic nitrogens is 1. The number of nitrogens with zero attached hydrogens (tertiary/aromatic N) is 1. The fraction of sp³-hybridized carbons (Fsp3) is 0.583. The van der Waals surface area contributed by atoms with Crippen LogP contribution in [0.1, 0.15) is 32.6 Å². The van der Waals surface area contributed by atoms with Crippen molar-refractivity contribution in [3.63, 3.8) is 0 Å². The molecule has 0 aliphatic heterocycles. The highest BCUT2D eigenvalue weighted by Gasteiger charge is 2.21. The van der Waals surface area contributed by atoms with Crippen molar-refractivity contribution in [2.24, 2.45) is 5.92 Å². The molecule has 2 atom stereocenters. The van der Waals surface area contributed by atoms with Gasteiger partial charge in [-0.3, -0.25) is 0 Å². The molecule has 3 heteroatoms. The van der Waals surface area contributed by atoms with Crippen molar-refractivity contribution in [1.82, 2.24) is 4.98 Å². The van der Waals surface area contributed by atoms with Crippen LogP contribution in [0.2, 0.25) is 5.15 Å². The molecule has 2 nitrogen and oxygen atoms in total. The van der Waals surface area contributed by atoms with E-state index in [1.54, 1.807) is 6.20 Å². The van der Waals surface area contributed by atoms with E-state index in [9.17, 15) is 0 Å². The maximum Gasteiger partial charge on any atom is 0.152 e. The fourth-order valence-corrected chi connectivity index (χ4v) is 2.40. The van der Waals surface area contributed by atoms with E-state index in [4.69, 9.17) is 11.6 Å². The maximum absolute atomic E-state index is 6.02. The molecule has 15 heavy (non-hydrogen) atoms. The molecule has 0 spiro atoms. The average Bonchev–Trinajstić information content (AvgIpc) is 2.24. The number of halogens is 1. The molecule has 1 aromatic heterocycles. The lowest BCUT2D eigenvalue weighted by Crippen LogP contribution is -2.30. The summed E-state index contributed by atoms with van der Waals surface area (Å²) in [6.07, 6.45) is 6.96. The van der Waals surface area contributed by atoms with Crippen LogP contribution in [0.15, 0.2) is 18.3 Å². The van der Waals surface area contributed by atoms with Crippen LogP contribution in [-0.2, 0) is 0 Å². The third-order valence-electron chi connectivity index (χ3n) is 3.21. The van der Waals surface area contributed by atoms with E-state index in [0.717, 1.165) is 11.6 Å². The van der Waals surface area contributed by atoms with Gasteiger partial charge in [0, 0.05) is 12.2 Å². The second-order valence-corrected chi connectivity index (χ2v) is 4.71. The highest BCUT2D eigenvalue weighted by molar-refractivity contribution is 6.31. The first-order valence-corrected chi connectivity index (χ1v) is 6.02. The molecule has 0 amide bonds. The molecule has 0 bridgehead atoms. The zero-order chi connectivity index (χ0) is 10.7. The Hall–Kier alpha value is -0.760. The van der Waals surface area contributed by atoms with Gasteiger partial charge in [0.25, 0.3) is 0 Å². The Bertz CT molecular complexity index is 327. The zero-order valence-electron chi connectivity index (χ0n) is 9.04. The van der Waals surface area contributed by atoms with Crippen LogP contribution in [0, 0.1) is 5.92 Å². The molecule has 1 aliphatic rings. The Morgan fingerprint density at radius 2 is 2.20 bits per heavy atom. The quantitative estimate of drug-likeness (QED) is 0.775. The van der Waals surface area contributed by atoms with E-state index in [0.29, 0.717) is 11.2 Å². The van der Waals surface area contributed by atoms with Crippen molar-refractivity contribution in [3.05, 3.63) is 23.5 Å². The minimum Gasteiger partial charge on any atom is -0.380 e. The van der Waals surface area contributed by atoms with Gasteiger partial charge in [0.15, 0.2) is 5.15 Å². The van der Waals surface area contributed by atoms with Gasteiger partial charge in [-0.1, -0.05) is 31.4 Å². The van der Waals surface area contributed by atoms with Crippen LogP contribution >= 0.6 is 11.6 Å². The highest BCUT2D eigenvalue weighted by atomic mass is 35.5. The molecule has 1 aromatic rings. The topological polar surface area (TPSA) is 24.9 Å². The van der Waals surface area contributed by atoms with Gasteiger partial charge in [-0.15, -0.1) is 0 Å². The van der Waals surface area contributed by atoms with Gasteiger partial charge in [0.1, 0.15) is 0 Å². The molecule has 2 rings (SSSR count). The van der Waals surface area contributed by atoms with Crippen molar-refractivity contribution in [2.45, 2.75) is 38.6 Å². The van der Waals surface area contributed by atoms with Crippen LogP contribution < -0.4 is 5.32 Å². The predicted octanol–water partition coefficient (Wildman–Crippen LogP) is 3.73. The molecule has 82 valence electrons. The first kappa shape index (κ1) is 10.7. The largest absolute Gasteiger partial charge is 0.380 e. The summed E-state index contributed by atoms with van der Waals surface area (Å²) in [5.41, 5.74) is 0.970. The van der Waals surface area contributed by atoms with Gasteiger partial charge in [-0.25, -0.2) is 4.98 Å². The maximum atomic E-state index is 6.02. The Balaban J connectivity index is 2.04. The molecular formula is C12H17ClN2. The van der Waals surface area contributed by atoms with Crippen LogP contribution in [0.25, 0.3) is 0 Å². The van der Waals surface area contributed by atoms with Crippen LogP contribution in [-0.4, -0.2) is 11.0 Å². The first-order chi connectivity index (χ1) is 7.27. The van der Waals surface area contributed by atoms with E-state index in [1.165, 1.54) is 25.7 Å². The molecule has 2 unspecified atom stereocenters. The van der Waals surface area contributed by atoms with E-state index in [-0.39, 0.29) is 0 Å². The van der Waals surface area contributed by atoms with Gasteiger partial charge in [-0.2, -0.15) is 0 Å². The number of anilines is 1. The lowest BCUT2D eigenvalue weighted by molar-refractivity contribution is 0.349. The van der Waals surface area contributed by atoms with Crippen molar-refractivity contribution in [1.29, 1.82) is 0 Å². The third kappa shape index (κ3) is 2.63. The molecule has 0 radical (unpaired) electrons. The Morgan fingerprint density at radius 3 is 2.93 bits per heavy atom. The van der Waals surface area contributed by atoms with E-state index >= 15 is 0 Å². The molecule has 1 fully saturated rings. The second-order valence-electron chi connectivity index (χ2n) is 4.35. The standard InChI is InChI=1S/C12H17ClN2/c1-9-5-2-3-6-10(9)15-11-7-4-8-14-12(11)13/h4,7-10,15H,2-3,5-6H2,1H3. The van der Waals surface area contributed by atoms with Crippen molar-refractivity contribution in [3.8, 4) is 0 Å². The van der Waals surface area contributed by atoms with Gasteiger partial charge in [0.05, 0.1) is 5.69 Å². The molecule has 0 saturated heterocycles. The summed E-state index contributed by atoms with van der Waals surface area (Å²) >= 11 is 6.02. The van der Waals surface area contributed by atoms with E-state index in [2.05, 4.69) is 17.2 Å². The van der Waals surface area contributed by atoms with Crippen LogP contribution in [0.4, 0.5) is 5.69 Å². The summed E-state index contributed by atoms with van der Waals surface area (Å²) in [5.74, 6) is 0.732. The highest BCUT2D eigenvalue weighted by Crippen LogP contribution is 2.28. The smallest absolute Gasteiger partial charge is 0.152 e. The fourth-order valence-electron chi connectivity index (χ4n) is 2.22. The molecule has 1 N–H and O–H groups in total. The summed E-state index contributed by atoms with van der Waals surface area (Å²) in [6, 6.07) is 4.47. The Kier molecular flexibility index (Phi) is 3.47. The molecule has 1 aliphatic carbocycles. The van der Waals surface area contributed by atoms with Gasteiger partial charge in [0.2, 0.25) is 0 Å². The first-order valence-electron chi connectivity index (χ1n) is 5.64. The van der Waals surface area contributed by atoms with Gasteiger partial charge < -0.3 is 5.32 Å². The van der Waals surface area contributed by atoms with Crippen LogP contribution in [0.5, 0.6) is 0 Å². The summed E-state index contributed by atoms with van der Waals surface area (Å²) < 4.78 is 0. The van der Waals surface area contributed by atoms with Crippen molar-refractivity contribution >= 4 is 17.3 Å². The zero-order valence-corrected chi connectivity index (χ0v) is 9.80. The average molecular weight is 225 g/mol. The monoisotopic (exact) mass is 224 g/mol. The SMILES string of the molecule is CC1CCCCC1Nc1cccnc1Cl. The van der Waals surface area contributed by atoms with E-state index in [1.807, 2.05) is 12.1 Å². The summed E-state index contributed by atoms with van der Waals surface area (Å²) in [4.78, 5) is 4.07. The Labute approximate surface area is 96.1 Å². The van der Waals surface area contributed by atoms with Gasteiger partial charge in [-0.05, 0) is 30.9 Å². The predicted molar refractivity (Wildman–Crippen MR) is 64.3 cm³/mol. The molecular weight excluding hydrogens is 208 g/mol. The Morgan fingerprint density at radius 1 is 1.40 bits per heavy atom. The third-order valence-corrected chi connectivity index (χ3v) is 3.51. The summed E-state index contributed by atoms with van der Waals surface area (Å²) in [7, 11) is 0. The molecule has 1 heterocycles. The minimum absolute atomic E-state index is 0.556. The second kappa shape index (κ2) is 4.84. The molecule has 0 aromatic carbocycles. The lowest BCUT2D eigenvalue weighted by atomic mass is 9.86. The number of hydrogen-bond acceptors (Lipinski definition) is 2. The lowest BCUT2D eigenvalue weighted by Gasteiger charge is -2.30. The normalized spacial score (nSPS) is 26.3. The van der Waals surface area contributed by atoms with Crippen molar-refractivity contribution < 1.29 is 0 Å². The van der Waals surface area contributed by atoms with Gasteiger partial charge >= 0.3 is 0 Å². The molecule has 1 saturated carbocycles. The summed E-state index contributed by atoms with van der Waals surface area (Å²) in [5, 5.41) is 4.08. The van der Waals surface area contributed by atoms with E-state index < -0.39 is 0 Å². The minimum atomic E-state index is 0.556. The van der Waals surface area contributed by atoms with Crippen molar-refractivity contribution in [2.75, 3.05) is 5.32 Å². The number of nitrogens with one attached hydrogen (secondary N) is 1. The summed E-state index contributed by atoms with van der Waals surface area (Å²) in [6.45, 7) is 2.31. The number of rotatable bonds is 2. The number of pyridine rings is 1. The van der Waals surface area contributed by atoms with Crippen LogP contribution in [0.3, 0.4) is 0 Å². The number of hydrogen-bond donors (Lipinski definition) is 1.